The largest absolute Gasteiger partial charge is 0.396 e. The van der Waals surface area contributed by atoms with E-state index in [0.29, 0.717) is 6.54 Å². The first-order valence-electron chi connectivity index (χ1n) is 6.00. The molecule has 2 heterocycles. The lowest BCUT2D eigenvalue weighted by molar-refractivity contribution is 0.630. The SMILES string of the molecule is CCc1nn(Cc2ccccn2)c(CC)c1N. The quantitative estimate of drug-likeness (QED) is 0.874. The molecule has 2 aromatic heterocycles. The van der Waals surface area contributed by atoms with Gasteiger partial charge in [-0.25, -0.2) is 0 Å². The van der Waals surface area contributed by atoms with Crippen LogP contribution >= 0.6 is 0 Å². The van der Waals surface area contributed by atoms with Gasteiger partial charge in [-0.05, 0) is 25.0 Å². The van der Waals surface area contributed by atoms with Gasteiger partial charge in [-0.2, -0.15) is 5.10 Å². The molecule has 4 nitrogen and oxygen atoms in total. The van der Waals surface area contributed by atoms with Crippen LogP contribution in [-0.4, -0.2) is 14.8 Å². The van der Waals surface area contributed by atoms with E-state index in [1.807, 2.05) is 22.9 Å². The highest BCUT2D eigenvalue weighted by molar-refractivity contribution is 5.48. The molecule has 0 aliphatic heterocycles. The molecule has 2 aromatic rings. The average Bonchev–Trinajstić information content (AvgIpc) is 2.66. The molecule has 0 fully saturated rings. The predicted molar refractivity (Wildman–Crippen MR) is 68.7 cm³/mol. The molecule has 2 N–H and O–H groups in total. The summed E-state index contributed by atoms with van der Waals surface area (Å²) in [5, 5.41) is 4.55. The molecule has 0 saturated heterocycles. The lowest BCUT2D eigenvalue weighted by atomic mass is 10.2. The van der Waals surface area contributed by atoms with E-state index in [9.17, 15) is 0 Å². The fourth-order valence-corrected chi connectivity index (χ4v) is 1.98. The predicted octanol–water partition coefficient (Wildman–Crippen LogP) is 2.03. The Balaban J connectivity index is 2.32. The Hall–Kier alpha value is -1.84. The van der Waals surface area contributed by atoms with E-state index in [2.05, 4.69) is 23.9 Å². The first-order valence-corrected chi connectivity index (χ1v) is 6.00. The van der Waals surface area contributed by atoms with Gasteiger partial charge in [-0.1, -0.05) is 19.9 Å². The third kappa shape index (κ3) is 2.30. The molecular weight excluding hydrogens is 212 g/mol. The Morgan fingerprint density at radius 2 is 2.06 bits per heavy atom. The maximum absolute atomic E-state index is 6.08. The van der Waals surface area contributed by atoms with Gasteiger partial charge in [0.25, 0.3) is 0 Å². The Morgan fingerprint density at radius 1 is 1.24 bits per heavy atom. The van der Waals surface area contributed by atoms with Crippen LogP contribution in [0.1, 0.15) is 30.9 Å². The van der Waals surface area contributed by atoms with Crippen LogP contribution in [0.5, 0.6) is 0 Å². The average molecular weight is 230 g/mol. The van der Waals surface area contributed by atoms with Crippen molar-refractivity contribution >= 4 is 5.69 Å². The lowest BCUT2D eigenvalue weighted by Crippen LogP contribution is -2.07. The monoisotopic (exact) mass is 230 g/mol. The first kappa shape index (κ1) is 11.6. The van der Waals surface area contributed by atoms with Gasteiger partial charge in [0.2, 0.25) is 0 Å². The molecule has 17 heavy (non-hydrogen) atoms. The maximum Gasteiger partial charge on any atom is 0.0854 e. The summed E-state index contributed by atoms with van der Waals surface area (Å²) in [4.78, 5) is 4.31. The smallest absolute Gasteiger partial charge is 0.0854 e. The van der Waals surface area contributed by atoms with Crippen molar-refractivity contribution in [1.29, 1.82) is 0 Å². The Morgan fingerprint density at radius 3 is 2.65 bits per heavy atom. The minimum atomic E-state index is 0.689. The van der Waals surface area contributed by atoms with Crippen LogP contribution in [0.2, 0.25) is 0 Å². The summed E-state index contributed by atoms with van der Waals surface area (Å²) in [6.45, 7) is 4.86. The summed E-state index contributed by atoms with van der Waals surface area (Å²) < 4.78 is 1.97. The van der Waals surface area contributed by atoms with E-state index < -0.39 is 0 Å². The minimum Gasteiger partial charge on any atom is -0.396 e. The van der Waals surface area contributed by atoms with Crippen molar-refractivity contribution in [2.75, 3.05) is 5.73 Å². The van der Waals surface area contributed by atoms with Gasteiger partial charge in [0, 0.05) is 6.20 Å². The number of aryl methyl sites for hydroxylation is 1. The molecule has 0 saturated carbocycles. The normalized spacial score (nSPS) is 10.7. The Labute approximate surface area is 101 Å². The van der Waals surface area contributed by atoms with E-state index in [1.165, 1.54) is 0 Å². The number of pyridine rings is 1. The van der Waals surface area contributed by atoms with Crippen LogP contribution in [0.4, 0.5) is 5.69 Å². The standard InChI is InChI=1S/C13H18N4/c1-3-11-13(14)12(4-2)17(16-11)9-10-7-5-6-8-15-10/h5-8H,3-4,9,14H2,1-2H3. The van der Waals surface area contributed by atoms with Gasteiger partial charge in [0.15, 0.2) is 0 Å². The summed E-state index contributed by atoms with van der Waals surface area (Å²) >= 11 is 0. The third-order valence-corrected chi connectivity index (χ3v) is 2.88. The van der Waals surface area contributed by atoms with Crippen LogP contribution < -0.4 is 5.73 Å². The topological polar surface area (TPSA) is 56.7 Å². The summed E-state index contributed by atoms with van der Waals surface area (Å²) in [6.07, 6.45) is 3.56. The number of anilines is 1. The van der Waals surface area contributed by atoms with Crippen molar-refractivity contribution in [2.45, 2.75) is 33.2 Å². The zero-order valence-corrected chi connectivity index (χ0v) is 10.3. The molecule has 0 radical (unpaired) electrons. The Bertz CT molecular complexity index is 488. The number of rotatable bonds is 4. The first-order chi connectivity index (χ1) is 8.26. The summed E-state index contributed by atoms with van der Waals surface area (Å²) in [5.74, 6) is 0. The number of nitrogens with two attached hydrogens (primary N) is 1. The molecule has 0 aromatic carbocycles. The molecule has 0 bridgehead atoms. The number of nitrogen functional groups attached to an aromatic ring is 1. The van der Waals surface area contributed by atoms with Crippen molar-refractivity contribution < 1.29 is 0 Å². The molecule has 0 aliphatic rings. The zero-order valence-electron chi connectivity index (χ0n) is 10.3. The fourth-order valence-electron chi connectivity index (χ4n) is 1.98. The maximum atomic E-state index is 6.08. The van der Waals surface area contributed by atoms with E-state index in [1.54, 1.807) is 6.20 Å². The molecule has 0 unspecified atom stereocenters. The molecule has 0 atom stereocenters. The van der Waals surface area contributed by atoms with Crippen LogP contribution in [0.3, 0.4) is 0 Å². The molecule has 0 spiro atoms. The van der Waals surface area contributed by atoms with Crippen molar-refractivity contribution in [3.05, 3.63) is 41.5 Å². The molecular formula is C13H18N4. The van der Waals surface area contributed by atoms with Gasteiger partial charge in [-0.15, -0.1) is 0 Å². The van der Waals surface area contributed by atoms with Crippen LogP contribution in [0.25, 0.3) is 0 Å². The second kappa shape index (κ2) is 4.99. The van der Waals surface area contributed by atoms with E-state index in [0.717, 1.165) is 35.6 Å². The highest BCUT2D eigenvalue weighted by Gasteiger charge is 2.12. The summed E-state index contributed by atoms with van der Waals surface area (Å²) in [5.41, 5.74) is 10.0. The number of hydrogen-bond donors (Lipinski definition) is 1. The van der Waals surface area contributed by atoms with E-state index in [4.69, 9.17) is 5.73 Å². The second-order valence-electron chi connectivity index (χ2n) is 3.99. The second-order valence-corrected chi connectivity index (χ2v) is 3.99. The molecule has 4 heteroatoms. The lowest BCUT2D eigenvalue weighted by Gasteiger charge is -2.05. The van der Waals surface area contributed by atoms with E-state index in [-0.39, 0.29) is 0 Å². The van der Waals surface area contributed by atoms with Gasteiger partial charge in [0.1, 0.15) is 0 Å². The van der Waals surface area contributed by atoms with Crippen molar-refractivity contribution in [3.8, 4) is 0 Å². The highest BCUT2D eigenvalue weighted by atomic mass is 15.3. The van der Waals surface area contributed by atoms with Gasteiger partial charge < -0.3 is 5.73 Å². The van der Waals surface area contributed by atoms with Crippen LogP contribution in [0, 0.1) is 0 Å². The summed E-state index contributed by atoms with van der Waals surface area (Å²) in [6, 6.07) is 5.91. The minimum absolute atomic E-state index is 0.689. The molecule has 2 rings (SSSR count). The van der Waals surface area contributed by atoms with Gasteiger partial charge >= 0.3 is 0 Å². The zero-order chi connectivity index (χ0) is 12.3. The molecule has 0 aliphatic carbocycles. The van der Waals surface area contributed by atoms with Gasteiger partial charge in [-0.3, -0.25) is 9.67 Å². The van der Waals surface area contributed by atoms with Crippen LogP contribution in [-0.2, 0) is 19.4 Å². The van der Waals surface area contributed by atoms with E-state index >= 15 is 0 Å². The number of aromatic nitrogens is 3. The van der Waals surface area contributed by atoms with Gasteiger partial charge in [0.05, 0.1) is 29.3 Å². The molecule has 0 amide bonds. The third-order valence-electron chi connectivity index (χ3n) is 2.88. The Kier molecular flexibility index (Phi) is 3.42. The number of nitrogens with zero attached hydrogens (tertiary/aromatic N) is 3. The van der Waals surface area contributed by atoms with Crippen molar-refractivity contribution in [2.24, 2.45) is 0 Å². The molecule has 90 valence electrons. The highest BCUT2D eigenvalue weighted by Crippen LogP contribution is 2.19. The number of hydrogen-bond acceptors (Lipinski definition) is 3. The summed E-state index contributed by atoms with van der Waals surface area (Å²) in [7, 11) is 0. The van der Waals surface area contributed by atoms with Crippen molar-refractivity contribution in [3.63, 3.8) is 0 Å². The fraction of sp³-hybridized carbons (Fsp3) is 0.385. The van der Waals surface area contributed by atoms with Crippen molar-refractivity contribution in [1.82, 2.24) is 14.8 Å². The van der Waals surface area contributed by atoms with Crippen LogP contribution in [0.15, 0.2) is 24.4 Å².